The van der Waals surface area contributed by atoms with Crippen molar-refractivity contribution in [3.8, 4) is 11.5 Å². The first-order valence-electron chi connectivity index (χ1n) is 10.7. The smallest absolute Gasteiger partial charge is 0.258 e. The van der Waals surface area contributed by atoms with Gasteiger partial charge in [-0.05, 0) is 48.4 Å². The molecule has 0 bridgehead atoms. The van der Waals surface area contributed by atoms with Crippen LogP contribution in [0.1, 0.15) is 15.9 Å². The van der Waals surface area contributed by atoms with Crippen molar-refractivity contribution in [2.24, 2.45) is 4.99 Å². The molecule has 1 amide bonds. The minimum Gasteiger partial charge on any atom is -0.493 e. The molecule has 0 saturated carbocycles. The molecule has 4 aromatic rings. The van der Waals surface area contributed by atoms with Crippen LogP contribution in [-0.2, 0) is 6.42 Å². The van der Waals surface area contributed by atoms with Gasteiger partial charge in [0.2, 0.25) is 5.96 Å². The number of hydrogen-bond acceptors (Lipinski definition) is 4. The van der Waals surface area contributed by atoms with Crippen molar-refractivity contribution >= 4 is 40.1 Å². The minimum absolute atomic E-state index is 0.317. The van der Waals surface area contributed by atoms with Gasteiger partial charge >= 0.3 is 0 Å². The SMILES string of the molecule is COc1ccc(NC(=NCCc2c[nH]c3ccccc23)NC(=O)c2cccc(Cl)c2)cc1OC. The van der Waals surface area contributed by atoms with E-state index in [0.717, 1.165) is 16.5 Å². The second-order valence-corrected chi connectivity index (χ2v) is 7.94. The summed E-state index contributed by atoms with van der Waals surface area (Å²) >= 11 is 6.05. The van der Waals surface area contributed by atoms with Gasteiger partial charge in [0.1, 0.15) is 0 Å². The third-order valence-electron chi connectivity index (χ3n) is 5.29. The number of nitrogens with zero attached hydrogens (tertiary/aromatic N) is 1. The second kappa shape index (κ2) is 10.8. The largest absolute Gasteiger partial charge is 0.493 e. The van der Waals surface area contributed by atoms with Gasteiger partial charge in [-0.2, -0.15) is 0 Å². The highest BCUT2D eigenvalue weighted by molar-refractivity contribution is 6.31. The number of H-pyrrole nitrogens is 1. The Hall–Kier alpha value is -3.97. The molecule has 3 aromatic carbocycles. The lowest BCUT2D eigenvalue weighted by Gasteiger charge is -2.14. The molecular formula is C26H25ClN4O3. The molecule has 3 N–H and O–H groups in total. The number of ether oxygens (including phenoxy) is 2. The molecule has 8 heteroatoms. The van der Waals surface area contributed by atoms with Crippen molar-refractivity contribution in [1.29, 1.82) is 0 Å². The Morgan fingerprint density at radius 2 is 1.82 bits per heavy atom. The number of aromatic amines is 1. The third kappa shape index (κ3) is 5.50. The molecule has 34 heavy (non-hydrogen) atoms. The highest BCUT2D eigenvalue weighted by Gasteiger charge is 2.12. The van der Waals surface area contributed by atoms with Crippen molar-refractivity contribution in [3.63, 3.8) is 0 Å². The number of amides is 1. The van der Waals surface area contributed by atoms with Crippen LogP contribution in [-0.4, -0.2) is 37.6 Å². The van der Waals surface area contributed by atoms with E-state index in [2.05, 4.69) is 26.7 Å². The molecule has 7 nitrogen and oxygen atoms in total. The van der Waals surface area contributed by atoms with Gasteiger partial charge in [0.25, 0.3) is 5.91 Å². The van der Waals surface area contributed by atoms with Gasteiger partial charge in [0.15, 0.2) is 11.5 Å². The molecule has 1 aromatic heterocycles. The second-order valence-electron chi connectivity index (χ2n) is 7.50. The zero-order valence-corrected chi connectivity index (χ0v) is 19.6. The number of hydrogen-bond donors (Lipinski definition) is 3. The Balaban J connectivity index is 1.55. The first kappa shape index (κ1) is 23.2. The monoisotopic (exact) mass is 476 g/mol. The molecule has 0 aliphatic heterocycles. The quantitative estimate of drug-likeness (QED) is 0.250. The van der Waals surface area contributed by atoms with Crippen molar-refractivity contribution in [3.05, 3.63) is 89.1 Å². The summed E-state index contributed by atoms with van der Waals surface area (Å²) in [5, 5.41) is 7.68. The third-order valence-corrected chi connectivity index (χ3v) is 5.53. The molecule has 0 aliphatic rings. The van der Waals surface area contributed by atoms with Crippen molar-refractivity contribution in [1.82, 2.24) is 10.3 Å². The number of carbonyl (C=O) groups excluding carboxylic acids is 1. The van der Waals surface area contributed by atoms with E-state index in [1.165, 1.54) is 0 Å². The van der Waals surface area contributed by atoms with Crippen LogP contribution in [0.25, 0.3) is 10.9 Å². The highest BCUT2D eigenvalue weighted by atomic mass is 35.5. The van der Waals surface area contributed by atoms with Crippen LogP contribution >= 0.6 is 11.6 Å². The summed E-state index contributed by atoms with van der Waals surface area (Å²) < 4.78 is 10.7. The zero-order chi connectivity index (χ0) is 23.9. The standard InChI is InChI=1S/C26H25ClN4O3/c1-33-23-11-10-20(15-24(23)34-2)30-26(31-25(32)17-6-5-7-19(27)14-17)28-13-12-18-16-29-22-9-4-3-8-21(18)22/h3-11,14-16,29H,12-13H2,1-2H3,(H2,28,30,31,32). The molecule has 0 atom stereocenters. The van der Waals surface area contributed by atoms with Crippen LogP contribution in [0.5, 0.6) is 11.5 Å². The number of benzene rings is 3. The lowest BCUT2D eigenvalue weighted by Crippen LogP contribution is -2.36. The summed E-state index contributed by atoms with van der Waals surface area (Å²) in [6, 6.07) is 20.3. The van der Waals surface area contributed by atoms with Crippen molar-refractivity contribution in [2.45, 2.75) is 6.42 Å². The summed E-state index contributed by atoms with van der Waals surface area (Å²) in [5.41, 5.74) is 3.37. The fourth-order valence-corrected chi connectivity index (χ4v) is 3.79. The Morgan fingerprint density at radius 3 is 2.62 bits per heavy atom. The molecule has 0 spiro atoms. The fourth-order valence-electron chi connectivity index (χ4n) is 3.60. The summed E-state index contributed by atoms with van der Waals surface area (Å²) in [6.45, 7) is 0.466. The number of nitrogens with one attached hydrogen (secondary N) is 3. The number of aromatic nitrogens is 1. The molecule has 1 heterocycles. The van der Waals surface area contributed by atoms with E-state index in [4.69, 9.17) is 21.1 Å². The topological polar surface area (TPSA) is 87.7 Å². The number of carbonyl (C=O) groups is 1. The van der Waals surface area contributed by atoms with Gasteiger partial charge in [0, 0.05) is 46.0 Å². The van der Waals surface area contributed by atoms with E-state index >= 15 is 0 Å². The normalized spacial score (nSPS) is 11.3. The average Bonchev–Trinajstić information content (AvgIpc) is 3.27. The van der Waals surface area contributed by atoms with E-state index in [1.807, 2.05) is 30.5 Å². The Labute approximate surface area is 202 Å². The predicted octanol–water partition coefficient (Wildman–Crippen LogP) is 5.28. The maximum Gasteiger partial charge on any atom is 0.258 e. The molecule has 0 fully saturated rings. The Bertz CT molecular complexity index is 1330. The van der Waals surface area contributed by atoms with Crippen LogP contribution in [0, 0.1) is 0 Å². The predicted molar refractivity (Wildman–Crippen MR) is 136 cm³/mol. The van der Waals surface area contributed by atoms with E-state index in [-0.39, 0.29) is 5.91 Å². The van der Waals surface area contributed by atoms with E-state index in [1.54, 1.807) is 50.6 Å². The van der Waals surface area contributed by atoms with E-state index < -0.39 is 0 Å². The molecule has 174 valence electrons. The van der Waals surface area contributed by atoms with Gasteiger partial charge in [-0.3, -0.25) is 15.1 Å². The van der Waals surface area contributed by atoms with Crippen molar-refractivity contribution < 1.29 is 14.3 Å². The summed E-state index contributed by atoms with van der Waals surface area (Å²) in [4.78, 5) is 20.8. The molecule has 4 rings (SSSR count). The summed E-state index contributed by atoms with van der Waals surface area (Å²) in [6.07, 6.45) is 2.69. The molecule has 0 saturated heterocycles. The lowest BCUT2D eigenvalue weighted by atomic mass is 10.1. The molecule has 0 aliphatic carbocycles. The number of fused-ring (bicyclic) bond motifs is 1. The average molecular weight is 477 g/mol. The number of guanidine groups is 1. The highest BCUT2D eigenvalue weighted by Crippen LogP contribution is 2.29. The Morgan fingerprint density at radius 1 is 1.00 bits per heavy atom. The van der Waals surface area contributed by atoms with Gasteiger partial charge in [-0.1, -0.05) is 35.9 Å². The lowest BCUT2D eigenvalue weighted by molar-refractivity contribution is 0.0977. The van der Waals surface area contributed by atoms with E-state index in [9.17, 15) is 4.79 Å². The number of rotatable bonds is 7. The number of methoxy groups -OCH3 is 2. The van der Waals surface area contributed by atoms with Gasteiger partial charge in [-0.25, -0.2) is 0 Å². The maximum atomic E-state index is 12.8. The van der Waals surface area contributed by atoms with Gasteiger partial charge in [-0.15, -0.1) is 0 Å². The van der Waals surface area contributed by atoms with Gasteiger partial charge in [0.05, 0.1) is 14.2 Å². The zero-order valence-electron chi connectivity index (χ0n) is 18.9. The summed E-state index contributed by atoms with van der Waals surface area (Å²) in [7, 11) is 3.15. The van der Waals surface area contributed by atoms with Crippen molar-refractivity contribution in [2.75, 3.05) is 26.1 Å². The fraction of sp³-hybridized carbons (Fsp3) is 0.154. The number of anilines is 1. The number of aliphatic imine (C=N–C) groups is 1. The molecule has 0 radical (unpaired) electrons. The van der Waals surface area contributed by atoms with Crippen LogP contribution in [0.2, 0.25) is 5.02 Å². The number of halogens is 1. The van der Waals surface area contributed by atoms with Crippen LogP contribution < -0.4 is 20.1 Å². The number of para-hydroxylation sites is 1. The van der Waals surface area contributed by atoms with Crippen LogP contribution in [0.3, 0.4) is 0 Å². The first-order valence-corrected chi connectivity index (χ1v) is 11.1. The first-order chi connectivity index (χ1) is 16.6. The van der Waals surface area contributed by atoms with E-state index in [0.29, 0.717) is 46.7 Å². The Kier molecular flexibility index (Phi) is 7.34. The summed E-state index contributed by atoms with van der Waals surface area (Å²) in [5.74, 6) is 1.17. The molecular weight excluding hydrogens is 452 g/mol. The van der Waals surface area contributed by atoms with Gasteiger partial charge < -0.3 is 19.8 Å². The maximum absolute atomic E-state index is 12.8. The molecule has 0 unspecified atom stereocenters. The van der Waals surface area contributed by atoms with Crippen LogP contribution in [0.4, 0.5) is 5.69 Å². The van der Waals surface area contributed by atoms with Crippen LogP contribution in [0.15, 0.2) is 77.9 Å². The minimum atomic E-state index is -0.318.